The molecule has 0 N–H and O–H groups in total. The highest BCUT2D eigenvalue weighted by Crippen LogP contribution is 2.35. The van der Waals surface area contributed by atoms with Gasteiger partial charge in [-0.3, -0.25) is 14.5 Å². The van der Waals surface area contributed by atoms with E-state index in [1.807, 2.05) is 0 Å². The predicted molar refractivity (Wildman–Crippen MR) is 117 cm³/mol. The quantitative estimate of drug-likeness (QED) is 0.422. The van der Waals surface area contributed by atoms with E-state index in [0.717, 1.165) is 16.7 Å². The number of carbonyl (C=O) groups excluding carboxylic acids is 4. The van der Waals surface area contributed by atoms with Gasteiger partial charge in [-0.1, -0.05) is 24.3 Å². The average molecular weight is 470 g/mol. The molecule has 1 atom stereocenters. The van der Waals surface area contributed by atoms with Crippen LogP contribution in [0.1, 0.15) is 28.4 Å². The van der Waals surface area contributed by atoms with Crippen LogP contribution in [0.2, 0.25) is 0 Å². The van der Waals surface area contributed by atoms with Crippen molar-refractivity contribution in [2.75, 3.05) is 14.2 Å². The van der Waals surface area contributed by atoms with Gasteiger partial charge in [-0.25, -0.2) is 4.79 Å². The number of amides is 2. The van der Waals surface area contributed by atoms with Gasteiger partial charge >= 0.3 is 5.97 Å². The Balaban J connectivity index is 1.77. The summed E-state index contributed by atoms with van der Waals surface area (Å²) in [7, 11) is 2.64. The van der Waals surface area contributed by atoms with Gasteiger partial charge in [0.05, 0.1) is 25.1 Å². The number of carboxylic acids is 1. The Labute approximate surface area is 193 Å². The molecule has 0 aromatic heterocycles. The van der Waals surface area contributed by atoms with Crippen LogP contribution < -0.4 is 14.6 Å². The molecular weight excluding hydrogens is 450 g/mol. The van der Waals surface area contributed by atoms with Crippen LogP contribution in [-0.4, -0.2) is 48.2 Å². The number of rotatable bonds is 8. The number of carboxylic acid groups (broad SMARTS) is 1. The van der Waals surface area contributed by atoms with Crippen LogP contribution in [0.5, 0.6) is 11.5 Å². The van der Waals surface area contributed by atoms with Crippen LogP contribution in [0.15, 0.2) is 47.4 Å². The monoisotopic (exact) mass is 470 g/mol. The highest BCUT2D eigenvalue weighted by molar-refractivity contribution is 8.18. The van der Waals surface area contributed by atoms with E-state index in [2.05, 4.69) is 4.74 Å². The summed E-state index contributed by atoms with van der Waals surface area (Å²) in [4.78, 5) is 48.6. The van der Waals surface area contributed by atoms with Crippen LogP contribution in [0.25, 0.3) is 6.08 Å². The summed E-state index contributed by atoms with van der Waals surface area (Å²) in [6.45, 7) is 1.52. The van der Waals surface area contributed by atoms with Gasteiger partial charge in [0, 0.05) is 0 Å². The van der Waals surface area contributed by atoms with Gasteiger partial charge in [0.1, 0.15) is 12.6 Å². The molecule has 0 bridgehead atoms. The minimum absolute atomic E-state index is 0.0499. The Bertz CT molecular complexity index is 1140. The Morgan fingerprint density at radius 3 is 2.55 bits per heavy atom. The molecule has 0 unspecified atom stereocenters. The topological polar surface area (TPSA) is 122 Å². The van der Waals surface area contributed by atoms with Crippen molar-refractivity contribution in [1.82, 2.24) is 4.90 Å². The lowest BCUT2D eigenvalue weighted by molar-refractivity contribution is -0.255. The van der Waals surface area contributed by atoms with Crippen molar-refractivity contribution in [3.8, 4) is 11.5 Å². The van der Waals surface area contributed by atoms with E-state index in [4.69, 9.17) is 9.47 Å². The lowest BCUT2D eigenvalue weighted by atomic mass is 10.1. The maximum absolute atomic E-state index is 12.6. The molecule has 0 saturated carbocycles. The van der Waals surface area contributed by atoms with E-state index < -0.39 is 29.1 Å². The molecule has 1 aliphatic rings. The molecule has 10 heteroatoms. The maximum atomic E-state index is 12.6. The van der Waals surface area contributed by atoms with Crippen molar-refractivity contribution in [3.63, 3.8) is 0 Å². The summed E-state index contributed by atoms with van der Waals surface area (Å²) in [5.74, 6) is -1.77. The minimum Gasteiger partial charge on any atom is -0.545 e. The first-order chi connectivity index (χ1) is 15.7. The fraction of sp³-hybridized carbons (Fsp3) is 0.217. The molecule has 2 amide bonds. The second-order valence-corrected chi connectivity index (χ2v) is 7.93. The second kappa shape index (κ2) is 10.2. The molecule has 1 saturated heterocycles. The summed E-state index contributed by atoms with van der Waals surface area (Å²) in [5, 5.41) is 10.4. The summed E-state index contributed by atoms with van der Waals surface area (Å²) < 4.78 is 15.7. The fourth-order valence-electron chi connectivity index (χ4n) is 3.08. The zero-order valence-corrected chi connectivity index (χ0v) is 18.8. The van der Waals surface area contributed by atoms with E-state index in [9.17, 15) is 24.3 Å². The summed E-state index contributed by atoms with van der Waals surface area (Å²) in [6.07, 6.45) is 1.52. The molecule has 172 valence electrons. The fourth-order valence-corrected chi connectivity index (χ4v) is 3.99. The normalized spacial score (nSPS) is 15.5. The van der Waals surface area contributed by atoms with Gasteiger partial charge in [0.15, 0.2) is 11.5 Å². The molecule has 3 rings (SSSR count). The molecule has 1 heterocycles. The third-order valence-electron chi connectivity index (χ3n) is 4.80. The van der Waals surface area contributed by atoms with E-state index in [1.165, 1.54) is 39.4 Å². The van der Waals surface area contributed by atoms with Gasteiger partial charge in [0.2, 0.25) is 0 Å². The van der Waals surface area contributed by atoms with Gasteiger partial charge < -0.3 is 24.1 Å². The van der Waals surface area contributed by atoms with Gasteiger partial charge in [-0.05, 0) is 59.7 Å². The Morgan fingerprint density at radius 1 is 1.12 bits per heavy atom. The standard InChI is InChI=1S/C23H21NO8S/c1-13(22(28)31-3)24-20(25)19(33-23(24)29)11-14-7-8-17(18(10-14)30-2)32-12-15-5-4-6-16(9-15)21(26)27/h4-11,13H,12H2,1-3H3,(H,26,27)/p-1/b19-11-/t13-/m0/s1. The van der Waals surface area contributed by atoms with Gasteiger partial charge in [0.25, 0.3) is 11.1 Å². The van der Waals surface area contributed by atoms with E-state index in [1.54, 1.807) is 30.3 Å². The lowest BCUT2D eigenvalue weighted by Crippen LogP contribution is -2.42. The molecule has 0 radical (unpaired) electrons. The molecule has 1 fully saturated rings. The lowest BCUT2D eigenvalue weighted by Gasteiger charge is -2.18. The number of benzene rings is 2. The van der Waals surface area contributed by atoms with Crippen molar-refractivity contribution >= 4 is 40.9 Å². The zero-order valence-electron chi connectivity index (χ0n) is 18.0. The highest BCUT2D eigenvalue weighted by Gasteiger charge is 2.41. The third kappa shape index (κ3) is 5.35. The molecule has 0 aliphatic carbocycles. The molecule has 1 aliphatic heterocycles. The second-order valence-electron chi connectivity index (χ2n) is 6.94. The zero-order chi connectivity index (χ0) is 24.1. The molecule has 9 nitrogen and oxygen atoms in total. The predicted octanol–water partition coefficient (Wildman–Crippen LogP) is 2.24. The summed E-state index contributed by atoms with van der Waals surface area (Å²) in [5.41, 5.74) is 1.26. The Morgan fingerprint density at radius 2 is 1.88 bits per heavy atom. The van der Waals surface area contributed by atoms with E-state index >= 15 is 0 Å². The number of hydrogen-bond donors (Lipinski definition) is 0. The number of carbonyl (C=O) groups is 4. The summed E-state index contributed by atoms with van der Waals surface area (Å²) >= 11 is 0.727. The van der Waals surface area contributed by atoms with Crippen LogP contribution >= 0.6 is 11.8 Å². The number of esters is 1. The van der Waals surface area contributed by atoms with Crippen LogP contribution in [0.3, 0.4) is 0 Å². The molecule has 33 heavy (non-hydrogen) atoms. The molecule has 2 aromatic carbocycles. The van der Waals surface area contributed by atoms with E-state index in [0.29, 0.717) is 22.6 Å². The molecular formula is C23H20NO8S-. The maximum Gasteiger partial charge on any atom is 0.328 e. The molecule has 0 spiro atoms. The van der Waals surface area contributed by atoms with Gasteiger partial charge in [-0.2, -0.15) is 0 Å². The summed E-state index contributed by atoms with van der Waals surface area (Å²) in [6, 6.07) is 10.1. The number of thioether (sulfide) groups is 1. The first kappa shape index (κ1) is 23.9. The SMILES string of the molecule is COC(=O)[C@H](C)N1C(=O)S/C(=C\c2ccc(OCc3cccc(C(=O)[O-])c3)c(OC)c2)C1=O. The number of hydrogen-bond acceptors (Lipinski definition) is 9. The molecule has 2 aromatic rings. The smallest absolute Gasteiger partial charge is 0.328 e. The number of ether oxygens (including phenoxy) is 3. The van der Waals surface area contributed by atoms with Crippen LogP contribution in [0, 0.1) is 0 Å². The van der Waals surface area contributed by atoms with Gasteiger partial charge in [-0.15, -0.1) is 0 Å². The number of methoxy groups -OCH3 is 2. The van der Waals surface area contributed by atoms with Crippen molar-refractivity contribution in [1.29, 1.82) is 0 Å². The highest BCUT2D eigenvalue weighted by atomic mass is 32.2. The third-order valence-corrected chi connectivity index (χ3v) is 5.68. The Kier molecular flexibility index (Phi) is 7.39. The first-order valence-electron chi connectivity index (χ1n) is 9.71. The number of nitrogens with zero attached hydrogens (tertiary/aromatic N) is 1. The minimum atomic E-state index is -1.27. The largest absolute Gasteiger partial charge is 0.545 e. The van der Waals surface area contributed by atoms with Crippen molar-refractivity contribution < 1.29 is 38.5 Å². The van der Waals surface area contributed by atoms with Crippen LogP contribution in [0.4, 0.5) is 4.79 Å². The van der Waals surface area contributed by atoms with E-state index in [-0.39, 0.29) is 17.1 Å². The van der Waals surface area contributed by atoms with Crippen LogP contribution in [-0.2, 0) is 20.9 Å². The average Bonchev–Trinajstić information content (AvgIpc) is 3.09. The first-order valence-corrected chi connectivity index (χ1v) is 10.5. The van der Waals surface area contributed by atoms with Crippen molar-refractivity contribution in [2.45, 2.75) is 19.6 Å². The number of imide groups is 1. The Hall–Kier alpha value is -3.79. The van der Waals surface area contributed by atoms with Crippen molar-refractivity contribution in [2.24, 2.45) is 0 Å². The van der Waals surface area contributed by atoms with Crippen molar-refractivity contribution in [3.05, 3.63) is 64.1 Å². The number of aromatic carboxylic acids is 1.